The predicted octanol–water partition coefficient (Wildman–Crippen LogP) is 1.21. The molecule has 0 spiro atoms. The third-order valence-electron chi connectivity index (χ3n) is 2.71. The van der Waals surface area contributed by atoms with Crippen LogP contribution in [-0.2, 0) is 18.4 Å². The Morgan fingerprint density at radius 1 is 1.53 bits per heavy atom. The van der Waals surface area contributed by atoms with E-state index in [1.807, 2.05) is 7.05 Å². The molecule has 0 aromatic carbocycles. The van der Waals surface area contributed by atoms with Gasteiger partial charge in [0, 0.05) is 31.5 Å². The Kier molecular flexibility index (Phi) is 3.91. The number of aryl methyl sites for hydroxylation is 1. The molecule has 0 unspecified atom stereocenters. The summed E-state index contributed by atoms with van der Waals surface area (Å²) in [6.07, 6.45) is 0.171. The Hall–Kier alpha value is -1.29. The number of carbonyl (C=O) groups is 1. The number of carboxylic acid groups (broad SMARTS) is 1. The van der Waals surface area contributed by atoms with Gasteiger partial charge in [0.15, 0.2) is 0 Å². The van der Waals surface area contributed by atoms with Gasteiger partial charge in [-0.1, -0.05) is 0 Å². The molecule has 1 rings (SSSR count). The van der Waals surface area contributed by atoms with Crippen LogP contribution < -0.4 is 5.32 Å². The summed E-state index contributed by atoms with van der Waals surface area (Å²) in [5.41, 5.74) is 3.69. The van der Waals surface area contributed by atoms with E-state index in [9.17, 15) is 4.79 Å². The van der Waals surface area contributed by atoms with Gasteiger partial charge in [-0.25, -0.2) is 0 Å². The van der Waals surface area contributed by atoms with Gasteiger partial charge in [-0.3, -0.25) is 4.79 Å². The maximum Gasteiger partial charge on any atom is 0.304 e. The van der Waals surface area contributed by atoms with Crippen molar-refractivity contribution in [2.75, 3.05) is 6.54 Å². The van der Waals surface area contributed by atoms with Crippen LogP contribution in [0.25, 0.3) is 0 Å². The number of hydrogen-bond acceptors (Lipinski definition) is 2. The first-order chi connectivity index (χ1) is 7.02. The second kappa shape index (κ2) is 4.98. The molecule has 0 aliphatic carbocycles. The molecule has 0 amide bonds. The van der Waals surface area contributed by atoms with Crippen LogP contribution in [0.1, 0.15) is 23.4 Å². The summed E-state index contributed by atoms with van der Waals surface area (Å²) in [4.78, 5) is 10.3. The summed E-state index contributed by atoms with van der Waals surface area (Å²) in [5.74, 6) is -0.761. The predicted molar refractivity (Wildman–Crippen MR) is 58.8 cm³/mol. The molecule has 1 aromatic rings. The fourth-order valence-corrected chi connectivity index (χ4v) is 1.53. The number of nitrogens with one attached hydrogen (secondary N) is 1. The summed E-state index contributed by atoms with van der Waals surface area (Å²) >= 11 is 0. The highest BCUT2D eigenvalue weighted by Crippen LogP contribution is 2.12. The lowest BCUT2D eigenvalue weighted by Gasteiger charge is -2.03. The third-order valence-corrected chi connectivity index (χ3v) is 2.71. The van der Waals surface area contributed by atoms with Gasteiger partial charge in [-0.2, -0.15) is 0 Å². The molecule has 15 heavy (non-hydrogen) atoms. The van der Waals surface area contributed by atoms with Gasteiger partial charge in [0.1, 0.15) is 0 Å². The van der Waals surface area contributed by atoms with E-state index < -0.39 is 5.97 Å². The Balaban J connectivity index is 2.44. The topological polar surface area (TPSA) is 54.3 Å². The molecule has 1 aromatic heterocycles. The molecule has 0 saturated heterocycles. The monoisotopic (exact) mass is 210 g/mol. The highest BCUT2D eigenvalue weighted by molar-refractivity contribution is 5.66. The lowest BCUT2D eigenvalue weighted by atomic mass is 10.2. The van der Waals surface area contributed by atoms with Crippen LogP contribution in [-0.4, -0.2) is 22.2 Å². The van der Waals surface area contributed by atoms with E-state index >= 15 is 0 Å². The highest BCUT2D eigenvalue weighted by Gasteiger charge is 2.05. The molecule has 4 heteroatoms. The zero-order valence-corrected chi connectivity index (χ0v) is 9.50. The van der Waals surface area contributed by atoms with Crippen molar-refractivity contribution in [1.29, 1.82) is 0 Å². The van der Waals surface area contributed by atoms with Crippen molar-refractivity contribution in [3.05, 3.63) is 23.0 Å². The van der Waals surface area contributed by atoms with E-state index in [2.05, 4.69) is 29.8 Å². The molecule has 4 nitrogen and oxygen atoms in total. The Morgan fingerprint density at radius 2 is 2.20 bits per heavy atom. The fourth-order valence-electron chi connectivity index (χ4n) is 1.53. The molecule has 84 valence electrons. The van der Waals surface area contributed by atoms with E-state index in [1.54, 1.807) is 0 Å². The smallest absolute Gasteiger partial charge is 0.304 e. The Bertz CT molecular complexity index is 356. The van der Waals surface area contributed by atoms with Crippen LogP contribution in [0.3, 0.4) is 0 Å². The number of hydrogen-bond donors (Lipinski definition) is 2. The number of nitrogens with zero attached hydrogens (tertiary/aromatic N) is 1. The lowest BCUT2D eigenvalue weighted by molar-refractivity contribution is -0.136. The number of carboxylic acids is 1. The largest absolute Gasteiger partial charge is 0.481 e. The quantitative estimate of drug-likeness (QED) is 0.718. The highest BCUT2D eigenvalue weighted by atomic mass is 16.4. The molecule has 0 bridgehead atoms. The van der Waals surface area contributed by atoms with Crippen molar-refractivity contribution in [2.45, 2.75) is 26.8 Å². The summed E-state index contributed by atoms with van der Waals surface area (Å²) in [7, 11) is 2.03. The summed E-state index contributed by atoms with van der Waals surface area (Å²) in [6, 6.07) is 2.13. The first-order valence-corrected chi connectivity index (χ1v) is 5.06. The van der Waals surface area contributed by atoms with Crippen molar-refractivity contribution in [2.24, 2.45) is 7.05 Å². The van der Waals surface area contributed by atoms with Crippen molar-refractivity contribution < 1.29 is 9.90 Å². The minimum absolute atomic E-state index is 0.171. The van der Waals surface area contributed by atoms with Gasteiger partial charge in [-0.15, -0.1) is 0 Å². The molecule has 0 fully saturated rings. The molecular weight excluding hydrogens is 192 g/mol. The first-order valence-electron chi connectivity index (χ1n) is 5.06. The van der Waals surface area contributed by atoms with E-state index in [-0.39, 0.29) is 6.42 Å². The van der Waals surface area contributed by atoms with Crippen molar-refractivity contribution >= 4 is 5.97 Å². The molecule has 0 saturated carbocycles. The van der Waals surface area contributed by atoms with E-state index in [4.69, 9.17) is 5.11 Å². The summed E-state index contributed by atoms with van der Waals surface area (Å²) in [5, 5.41) is 11.6. The summed E-state index contributed by atoms with van der Waals surface area (Å²) in [6.45, 7) is 5.39. The zero-order chi connectivity index (χ0) is 11.4. The fraction of sp³-hybridized carbons (Fsp3) is 0.545. The van der Waals surface area contributed by atoms with E-state index in [0.717, 1.165) is 6.54 Å². The Labute approximate surface area is 89.9 Å². The van der Waals surface area contributed by atoms with Crippen LogP contribution in [0, 0.1) is 13.8 Å². The average Bonchev–Trinajstić information content (AvgIpc) is 2.41. The normalized spacial score (nSPS) is 10.6. The minimum atomic E-state index is -0.761. The van der Waals surface area contributed by atoms with E-state index in [0.29, 0.717) is 6.54 Å². The standard InChI is InChI=1S/C11H18N2O2/c1-8-6-10(9(2)13(8)3)7-12-5-4-11(14)15/h6,12H,4-5,7H2,1-3H3,(H,14,15). The van der Waals surface area contributed by atoms with Gasteiger partial charge in [0.2, 0.25) is 0 Å². The van der Waals surface area contributed by atoms with Gasteiger partial charge in [0.25, 0.3) is 0 Å². The third kappa shape index (κ3) is 3.09. The van der Waals surface area contributed by atoms with Gasteiger partial charge >= 0.3 is 5.97 Å². The van der Waals surface area contributed by atoms with Crippen LogP contribution in [0.15, 0.2) is 6.07 Å². The molecule has 0 aliphatic heterocycles. The van der Waals surface area contributed by atoms with Gasteiger partial charge < -0.3 is 15.0 Å². The van der Waals surface area contributed by atoms with Crippen molar-refractivity contribution in [1.82, 2.24) is 9.88 Å². The van der Waals surface area contributed by atoms with Crippen LogP contribution in [0.5, 0.6) is 0 Å². The first kappa shape index (κ1) is 11.8. The maximum absolute atomic E-state index is 10.3. The molecule has 0 aliphatic rings. The average molecular weight is 210 g/mol. The van der Waals surface area contributed by atoms with Gasteiger partial charge in [-0.05, 0) is 25.5 Å². The van der Waals surface area contributed by atoms with E-state index in [1.165, 1.54) is 17.0 Å². The van der Waals surface area contributed by atoms with Gasteiger partial charge in [0.05, 0.1) is 6.42 Å². The molecule has 1 heterocycles. The van der Waals surface area contributed by atoms with Crippen LogP contribution in [0.2, 0.25) is 0 Å². The molecule has 2 N–H and O–H groups in total. The Morgan fingerprint density at radius 3 is 2.67 bits per heavy atom. The lowest BCUT2D eigenvalue weighted by Crippen LogP contribution is -2.17. The minimum Gasteiger partial charge on any atom is -0.481 e. The SMILES string of the molecule is Cc1cc(CNCCC(=O)O)c(C)n1C. The van der Waals surface area contributed by atoms with Crippen LogP contribution >= 0.6 is 0 Å². The number of aromatic nitrogens is 1. The maximum atomic E-state index is 10.3. The molecular formula is C11H18N2O2. The second-order valence-electron chi connectivity index (χ2n) is 3.78. The van der Waals surface area contributed by atoms with Crippen molar-refractivity contribution in [3.63, 3.8) is 0 Å². The van der Waals surface area contributed by atoms with Crippen LogP contribution in [0.4, 0.5) is 0 Å². The summed E-state index contributed by atoms with van der Waals surface area (Å²) < 4.78 is 2.13. The molecule has 0 radical (unpaired) electrons. The number of aliphatic carboxylic acids is 1. The van der Waals surface area contributed by atoms with Crippen molar-refractivity contribution in [3.8, 4) is 0 Å². The number of rotatable bonds is 5. The zero-order valence-electron chi connectivity index (χ0n) is 9.50. The second-order valence-corrected chi connectivity index (χ2v) is 3.78. The molecule has 0 atom stereocenters.